The summed E-state index contributed by atoms with van der Waals surface area (Å²) >= 11 is 0. The van der Waals surface area contributed by atoms with Crippen LogP contribution in [0.1, 0.15) is 28.9 Å². The van der Waals surface area contributed by atoms with Crippen LogP contribution in [0.4, 0.5) is 22.0 Å². The van der Waals surface area contributed by atoms with Crippen LogP contribution in [0.15, 0.2) is 54.6 Å². The first kappa shape index (κ1) is 33.9. The molecule has 10 nitrogen and oxygen atoms in total. The summed E-state index contributed by atoms with van der Waals surface area (Å²) < 4.78 is 79.5. The SMILES string of the molecule is COc1ccc(C[C@H](NC(=O)c2cc3cc(F)ccc3[nH]2)C(=O)N[C@@H](CC2CCNC2=O)C(=O)COc2c(F)c(F)cc(F)c2F)cc1. The summed E-state index contributed by atoms with van der Waals surface area (Å²) in [5.74, 6) is -12.4. The number of rotatable bonds is 13. The maximum atomic E-state index is 14.2. The number of nitrogens with one attached hydrogen (secondary N) is 4. The minimum atomic E-state index is -1.86. The third kappa shape index (κ3) is 7.73. The predicted molar refractivity (Wildman–Crippen MR) is 161 cm³/mol. The molecule has 1 fully saturated rings. The Labute approximate surface area is 270 Å². The monoisotopic (exact) mass is 672 g/mol. The number of H-pyrrole nitrogens is 1. The molecule has 3 atom stereocenters. The van der Waals surface area contributed by atoms with Crippen LogP contribution in [0, 0.1) is 35.0 Å². The summed E-state index contributed by atoms with van der Waals surface area (Å²) in [6.45, 7) is -0.824. The van der Waals surface area contributed by atoms with E-state index in [0.717, 1.165) is 0 Å². The van der Waals surface area contributed by atoms with E-state index in [9.17, 15) is 41.1 Å². The fourth-order valence-corrected chi connectivity index (χ4v) is 5.29. The number of ketones is 1. The largest absolute Gasteiger partial charge is 0.497 e. The van der Waals surface area contributed by atoms with Gasteiger partial charge in [0.25, 0.3) is 5.91 Å². The number of aromatic amines is 1. The Morgan fingerprint density at radius 2 is 1.62 bits per heavy atom. The van der Waals surface area contributed by atoms with Gasteiger partial charge in [-0.2, -0.15) is 8.78 Å². The number of carbonyl (C=O) groups excluding carboxylic acids is 4. The topological polar surface area (TPSA) is 139 Å². The van der Waals surface area contributed by atoms with Gasteiger partial charge in [0.05, 0.1) is 13.2 Å². The van der Waals surface area contributed by atoms with Crippen molar-refractivity contribution in [3.05, 3.63) is 94.9 Å². The fourth-order valence-electron chi connectivity index (χ4n) is 5.29. The van der Waals surface area contributed by atoms with E-state index in [-0.39, 0.29) is 24.6 Å². The van der Waals surface area contributed by atoms with Crippen LogP contribution in [0.3, 0.4) is 0 Å². The molecule has 252 valence electrons. The van der Waals surface area contributed by atoms with Gasteiger partial charge in [-0.05, 0) is 54.8 Å². The van der Waals surface area contributed by atoms with Crippen LogP contribution in [0.25, 0.3) is 10.9 Å². The molecule has 0 spiro atoms. The highest BCUT2D eigenvalue weighted by atomic mass is 19.2. The van der Waals surface area contributed by atoms with E-state index < -0.39 is 82.9 Å². The number of halogens is 5. The van der Waals surface area contributed by atoms with Gasteiger partial charge in [0.15, 0.2) is 23.2 Å². The molecular weight excluding hydrogens is 643 g/mol. The van der Waals surface area contributed by atoms with Gasteiger partial charge < -0.3 is 30.4 Å². The van der Waals surface area contributed by atoms with Crippen molar-refractivity contribution in [2.75, 3.05) is 20.3 Å². The normalized spacial score (nSPS) is 15.5. The Kier molecular flexibility index (Phi) is 10.3. The molecule has 3 amide bonds. The number of fused-ring (bicyclic) bond motifs is 1. The van der Waals surface area contributed by atoms with Gasteiger partial charge in [0.2, 0.25) is 23.4 Å². The number of ether oxygens (including phenoxy) is 2. The first-order valence-corrected chi connectivity index (χ1v) is 14.7. The first-order valence-electron chi connectivity index (χ1n) is 14.7. The van der Waals surface area contributed by atoms with Crippen LogP contribution >= 0.6 is 0 Å². The van der Waals surface area contributed by atoms with Crippen molar-refractivity contribution >= 4 is 34.4 Å². The molecular formula is C33H29F5N4O6. The first-order chi connectivity index (χ1) is 22.9. The molecule has 0 radical (unpaired) electrons. The summed E-state index contributed by atoms with van der Waals surface area (Å²) in [7, 11) is 1.47. The van der Waals surface area contributed by atoms with Crippen molar-refractivity contribution in [2.45, 2.75) is 31.3 Å². The second-order valence-corrected chi connectivity index (χ2v) is 11.1. The van der Waals surface area contributed by atoms with Crippen molar-refractivity contribution < 1.29 is 50.6 Å². The molecule has 4 N–H and O–H groups in total. The van der Waals surface area contributed by atoms with Crippen LogP contribution in [0.5, 0.6) is 11.5 Å². The van der Waals surface area contributed by atoms with E-state index in [1.54, 1.807) is 24.3 Å². The van der Waals surface area contributed by atoms with Crippen LogP contribution in [-0.4, -0.2) is 60.8 Å². The summed E-state index contributed by atoms with van der Waals surface area (Å²) in [6, 6.07) is 9.00. The number of Topliss-reactive ketones (excluding diaryl/α,β-unsaturated/α-hetero) is 1. The molecule has 0 bridgehead atoms. The number of benzene rings is 3. The average Bonchev–Trinajstić information content (AvgIpc) is 3.68. The lowest BCUT2D eigenvalue weighted by molar-refractivity contribution is -0.131. The van der Waals surface area contributed by atoms with Crippen molar-refractivity contribution in [2.24, 2.45) is 5.92 Å². The third-order valence-electron chi connectivity index (χ3n) is 7.87. The minimum absolute atomic E-state index is 0.0122. The van der Waals surface area contributed by atoms with Crippen LogP contribution < -0.4 is 25.4 Å². The molecule has 15 heteroatoms. The lowest BCUT2D eigenvalue weighted by atomic mass is 9.95. The molecule has 1 unspecified atom stereocenters. The zero-order valence-electron chi connectivity index (χ0n) is 25.3. The van der Waals surface area contributed by atoms with Crippen LogP contribution in [0.2, 0.25) is 0 Å². The zero-order valence-corrected chi connectivity index (χ0v) is 25.3. The lowest BCUT2D eigenvalue weighted by Gasteiger charge is -2.24. The molecule has 1 saturated heterocycles. The smallest absolute Gasteiger partial charge is 0.268 e. The number of carbonyl (C=O) groups is 4. The van der Waals surface area contributed by atoms with Gasteiger partial charge in [0.1, 0.15) is 29.9 Å². The second-order valence-electron chi connectivity index (χ2n) is 11.1. The average molecular weight is 673 g/mol. The Morgan fingerprint density at radius 1 is 0.917 bits per heavy atom. The molecule has 1 aromatic heterocycles. The number of methoxy groups -OCH3 is 1. The molecule has 0 aliphatic carbocycles. The van der Waals surface area contributed by atoms with Gasteiger partial charge in [-0.15, -0.1) is 0 Å². The summed E-state index contributed by atoms with van der Waals surface area (Å²) in [5, 5.41) is 8.12. The maximum Gasteiger partial charge on any atom is 0.268 e. The van der Waals surface area contributed by atoms with Gasteiger partial charge in [-0.1, -0.05) is 12.1 Å². The van der Waals surface area contributed by atoms with E-state index >= 15 is 0 Å². The van der Waals surface area contributed by atoms with E-state index in [1.165, 1.54) is 31.4 Å². The number of amides is 3. The van der Waals surface area contributed by atoms with Gasteiger partial charge >= 0.3 is 0 Å². The quantitative estimate of drug-likeness (QED) is 0.126. The number of hydrogen-bond acceptors (Lipinski definition) is 6. The second kappa shape index (κ2) is 14.5. The highest BCUT2D eigenvalue weighted by molar-refractivity contribution is 6.01. The fraction of sp³-hybridized carbons (Fsp3) is 0.273. The summed E-state index contributed by atoms with van der Waals surface area (Å²) in [4.78, 5) is 55.6. The van der Waals surface area contributed by atoms with E-state index in [2.05, 4.69) is 20.9 Å². The lowest BCUT2D eigenvalue weighted by Crippen LogP contribution is -2.53. The van der Waals surface area contributed by atoms with E-state index in [4.69, 9.17) is 9.47 Å². The molecule has 1 aliphatic rings. The van der Waals surface area contributed by atoms with Crippen molar-refractivity contribution in [3.63, 3.8) is 0 Å². The highest BCUT2D eigenvalue weighted by Crippen LogP contribution is 2.27. The van der Waals surface area contributed by atoms with Gasteiger partial charge in [-0.25, -0.2) is 13.2 Å². The zero-order chi connectivity index (χ0) is 34.5. The van der Waals surface area contributed by atoms with Crippen molar-refractivity contribution in [1.29, 1.82) is 0 Å². The minimum Gasteiger partial charge on any atom is -0.497 e. The molecule has 48 heavy (non-hydrogen) atoms. The Morgan fingerprint density at radius 3 is 2.27 bits per heavy atom. The molecule has 4 aromatic rings. The standard InChI is InChI=1S/C33H29F5N4O6/c1-47-20-5-2-16(3-6-20)10-25(42-33(46)26-13-18-11-19(34)4-7-23(18)40-26)32(45)41-24(12-17-8-9-39-31(17)44)27(43)15-48-30-28(37)21(35)14-22(36)29(30)38/h2-7,11,13-14,17,24-25,40H,8-10,12,15H2,1H3,(H,39,44)(H,41,45)(H,42,46)/t17?,24-,25-/m0/s1. The maximum absolute atomic E-state index is 14.2. The Hall–Kier alpha value is -5.47. The van der Waals surface area contributed by atoms with E-state index in [1.807, 2.05) is 0 Å². The van der Waals surface area contributed by atoms with Crippen molar-refractivity contribution in [1.82, 2.24) is 20.9 Å². The third-order valence-corrected chi connectivity index (χ3v) is 7.87. The van der Waals surface area contributed by atoms with Crippen LogP contribution in [-0.2, 0) is 20.8 Å². The van der Waals surface area contributed by atoms with Gasteiger partial charge in [0, 0.05) is 35.9 Å². The molecule has 2 heterocycles. The number of hydrogen-bond donors (Lipinski definition) is 4. The molecule has 5 rings (SSSR count). The Balaban J connectivity index is 1.39. The van der Waals surface area contributed by atoms with Crippen molar-refractivity contribution in [3.8, 4) is 11.5 Å². The summed E-state index contributed by atoms with van der Waals surface area (Å²) in [5.41, 5.74) is 1.05. The predicted octanol–water partition coefficient (Wildman–Crippen LogP) is 3.87. The van der Waals surface area contributed by atoms with E-state index in [0.29, 0.717) is 35.2 Å². The molecule has 1 aliphatic heterocycles. The molecule has 3 aromatic carbocycles. The summed E-state index contributed by atoms with van der Waals surface area (Å²) in [6.07, 6.45) is -0.0273. The van der Waals surface area contributed by atoms with Gasteiger partial charge in [-0.3, -0.25) is 19.2 Å². The molecule has 0 saturated carbocycles. The number of aromatic nitrogens is 1. The highest BCUT2D eigenvalue weighted by Gasteiger charge is 2.34. The Bertz CT molecular complexity index is 1840.